The zero-order valence-electron chi connectivity index (χ0n) is 8.76. The van der Waals surface area contributed by atoms with Crippen molar-refractivity contribution in [2.75, 3.05) is 6.61 Å². The summed E-state index contributed by atoms with van der Waals surface area (Å²) >= 11 is 0. The number of rotatable bonds is 6. The summed E-state index contributed by atoms with van der Waals surface area (Å²) in [7, 11) is 0. The molecule has 13 heavy (non-hydrogen) atoms. The summed E-state index contributed by atoms with van der Waals surface area (Å²) in [6, 6.07) is 1.04. The van der Waals surface area contributed by atoms with Crippen LogP contribution in [0.1, 0.15) is 51.9 Å². The molecule has 0 bridgehead atoms. The van der Waals surface area contributed by atoms with Crippen LogP contribution in [-0.4, -0.2) is 23.8 Å². The van der Waals surface area contributed by atoms with Gasteiger partial charge in [-0.25, -0.2) is 0 Å². The van der Waals surface area contributed by atoms with Crippen LogP contribution in [0.15, 0.2) is 0 Å². The van der Waals surface area contributed by atoms with Crippen LogP contribution < -0.4 is 5.32 Å². The molecule has 1 aliphatic rings. The van der Waals surface area contributed by atoms with Crippen molar-refractivity contribution in [2.24, 2.45) is 0 Å². The highest BCUT2D eigenvalue weighted by Crippen LogP contribution is 2.18. The molecule has 0 saturated heterocycles. The molecule has 0 heterocycles. The summed E-state index contributed by atoms with van der Waals surface area (Å²) in [5, 5.41) is 12.7. The van der Waals surface area contributed by atoms with Crippen molar-refractivity contribution in [2.45, 2.75) is 64.0 Å². The molecule has 2 nitrogen and oxygen atoms in total. The van der Waals surface area contributed by atoms with Crippen LogP contribution in [0, 0.1) is 0 Å². The van der Waals surface area contributed by atoms with Crippen LogP contribution in [0.25, 0.3) is 0 Å². The average Bonchev–Trinajstić information content (AvgIpc) is 2.64. The predicted octanol–water partition coefficient (Wildman–Crippen LogP) is 2.07. The molecule has 1 rings (SSSR count). The molecule has 0 aromatic rings. The van der Waals surface area contributed by atoms with Crippen LogP contribution in [0.2, 0.25) is 0 Å². The van der Waals surface area contributed by atoms with Gasteiger partial charge in [-0.05, 0) is 19.3 Å². The molecule has 1 fully saturated rings. The van der Waals surface area contributed by atoms with E-state index in [9.17, 15) is 0 Å². The Kier molecular flexibility index (Phi) is 5.40. The molecule has 2 heteroatoms. The second kappa shape index (κ2) is 6.39. The Balaban J connectivity index is 2.13. The Bertz CT molecular complexity index is 121. The van der Waals surface area contributed by atoms with Crippen LogP contribution in [0.5, 0.6) is 0 Å². The van der Waals surface area contributed by atoms with E-state index in [1.54, 1.807) is 0 Å². The first-order chi connectivity index (χ1) is 6.36. The standard InChI is InChI=1S/C11H23NO/c1-2-3-6-11(9-13)12-10-7-4-5-8-10/h10-13H,2-9H2,1H3. The molecule has 0 aromatic heterocycles. The lowest BCUT2D eigenvalue weighted by atomic mass is 10.1. The van der Waals surface area contributed by atoms with E-state index < -0.39 is 0 Å². The average molecular weight is 185 g/mol. The Labute approximate surface area is 81.7 Å². The Morgan fingerprint density at radius 1 is 1.38 bits per heavy atom. The monoisotopic (exact) mass is 185 g/mol. The molecule has 78 valence electrons. The van der Waals surface area contributed by atoms with Crippen molar-refractivity contribution in [3.8, 4) is 0 Å². The maximum absolute atomic E-state index is 9.15. The number of hydrogen-bond acceptors (Lipinski definition) is 2. The van der Waals surface area contributed by atoms with E-state index in [0.717, 1.165) is 6.42 Å². The summed E-state index contributed by atoms with van der Waals surface area (Å²) in [6.45, 7) is 2.50. The topological polar surface area (TPSA) is 32.3 Å². The first-order valence-corrected chi connectivity index (χ1v) is 5.73. The summed E-state index contributed by atoms with van der Waals surface area (Å²) < 4.78 is 0. The smallest absolute Gasteiger partial charge is 0.0584 e. The Morgan fingerprint density at radius 2 is 2.08 bits per heavy atom. The van der Waals surface area contributed by atoms with Gasteiger partial charge in [0, 0.05) is 12.1 Å². The Hall–Kier alpha value is -0.0800. The molecule has 1 aliphatic carbocycles. The zero-order chi connectivity index (χ0) is 9.52. The molecule has 0 radical (unpaired) electrons. The molecule has 1 saturated carbocycles. The van der Waals surface area contributed by atoms with Gasteiger partial charge >= 0.3 is 0 Å². The summed E-state index contributed by atoms with van der Waals surface area (Å²) in [4.78, 5) is 0. The molecule has 0 spiro atoms. The summed E-state index contributed by atoms with van der Waals surface area (Å²) in [6.07, 6.45) is 8.93. The maximum Gasteiger partial charge on any atom is 0.0584 e. The molecule has 0 aliphatic heterocycles. The fourth-order valence-electron chi connectivity index (χ4n) is 2.10. The Morgan fingerprint density at radius 3 is 2.62 bits per heavy atom. The molecule has 0 amide bonds. The second-order valence-electron chi connectivity index (χ2n) is 4.17. The predicted molar refractivity (Wildman–Crippen MR) is 55.8 cm³/mol. The van der Waals surface area contributed by atoms with Gasteiger partial charge in [-0.2, -0.15) is 0 Å². The number of unbranched alkanes of at least 4 members (excludes halogenated alkanes) is 1. The van der Waals surface area contributed by atoms with E-state index >= 15 is 0 Å². The van der Waals surface area contributed by atoms with Gasteiger partial charge in [-0.15, -0.1) is 0 Å². The minimum Gasteiger partial charge on any atom is -0.395 e. The number of hydrogen-bond donors (Lipinski definition) is 2. The lowest BCUT2D eigenvalue weighted by Gasteiger charge is -2.20. The van der Waals surface area contributed by atoms with E-state index in [4.69, 9.17) is 5.11 Å². The van der Waals surface area contributed by atoms with E-state index in [0.29, 0.717) is 18.7 Å². The molecule has 2 N–H and O–H groups in total. The van der Waals surface area contributed by atoms with Crippen molar-refractivity contribution in [1.29, 1.82) is 0 Å². The maximum atomic E-state index is 9.15. The third-order valence-electron chi connectivity index (χ3n) is 2.95. The van der Waals surface area contributed by atoms with Crippen LogP contribution in [0.3, 0.4) is 0 Å². The number of nitrogens with one attached hydrogen (secondary N) is 1. The number of aliphatic hydroxyl groups is 1. The van der Waals surface area contributed by atoms with E-state index in [1.165, 1.54) is 38.5 Å². The third-order valence-corrected chi connectivity index (χ3v) is 2.95. The second-order valence-corrected chi connectivity index (χ2v) is 4.17. The van der Waals surface area contributed by atoms with Crippen LogP contribution >= 0.6 is 0 Å². The van der Waals surface area contributed by atoms with Crippen LogP contribution in [-0.2, 0) is 0 Å². The first-order valence-electron chi connectivity index (χ1n) is 5.73. The van der Waals surface area contributed by atoms with Crippen molar-refractivity contribution >= 4 is 0 Å². The van der Waals surface area contributed by atoms with Gasteiger partial charge in [0.2, 0.25) is 0 Å². The number of aliphatic hydroxyl groups excluding tert-OH is 1. The van der Waals surface area contributed by atoms with Gasteiger partial charge in [-0.3, -0.25) is 0 Å². The van der Waals surface area contributed by atoms with Crippen LogP contribution in [0.4, 0.5) is 0 Å². The minimum atomic E-state index is 0.302. The first kappa shape index (κ1) is 11.0. The van der Waals surface area contributed by atoms with Gasteiger partial charge < -0.3 is 10.4 Å². The van der Waals surface area contributed by atoms with Gasteiger partial charge in [0.15, 0.2) is 0 Å². The highest BCUT2D eigenvalue weighted by atomic mass is 16.3. The normalized spacial score (nSPS) is 20.8. The molecule has 1 atom stereocenters. The zero-order valence-corrected chi connectivity index (χ0v) is 8.76. The molecular formula is C11H23NO. The van der Waals surface area contributed by atoms with E-state index in [1.807, 2.05) is 0 Å². The van der Waals surface area contributed by atoms with Crippen molar-refractivity contribution in [1.82, 2.24) is 5.32 Å². The lowest BCUT2D eigenvalue weighted by molar-refractivity contribution is 0.222. The SMILES string of the molecule is CCCCC(CO)NC1CCCC1. The summed E-state index contributed by atoms with van der Waals surface area (Å²) in [5.74, 6) is 0. The van der Waals surface area contributed by atoms with Gasteiger partial charge in [0.1, 0.15) is 0 Å². The molecular weight excluding hydrogens is 162 g/mol. The minimum absolute atomic E-state index is 0.302. The van der Waals surface area contributed by atoms with Gasteiger partial charge in [0.05, 0.1) is 6.61 Å². The highest BCUT2D eigenvalue weighted by Gasteiger charge is 2.17. The van der Waals surface area contributed by atoms with Gasteiger partial charge in [-0.1, -0.05) is 32.6 Å². The van der Waals surface area contributed by atoms with Crippen molar-refractivity contribution in [3.63, 3.8) is 0 Å². The fraction of sp³-hybridized carbons (Fsp3) is 1.00. The van der Waals surface area contributed by atoms with Crippen molar-refractivity contribution in [3.05, 3.63) is 0 Å². The summed E-state index contributed by atoms with van der Waals surface area (Å²) in [5.41, 5.74) is 0. The third kappa shape index (κ3) is 4.10. The highest BCUT2D eigenvalue weighted by molar-refractivity contribution is 4.78. The molecule has 1 unspecified atom stereocenters. The lowest BCUT2D eigenvalue weighted by Crippen LogP contribution is -2.39. The fourth-order valence-corrected chi connectivity index (χ4v) is 2.10. The quantitative estimate of drug-likeness (QED) is 0.664. The van der Waals surface area contributed by atoms with E-state index in [2.05, 4.69) is 12.2 Å². The van der Waals surface area contributed by atoms with Gasteiger partial charge in [0.25, 0.3) is 0 Å². The molecule has 0 aromatic carbocycles. The largest absolute Gasteiger partial charge is 0.395 e. The van der Waals surface area contributed by atoms with E-state index in [-0.39, 0.29) is 0 Å². The van der Waals surface area contributed by atoms with Crippen molar-refractivity contribution < 1.29 is 5.11 Å².